The second-order valence-corrected chi connectivity index (χ2v) is 2.74. The van der Waals surface area contributed by atoms with Crippen molar-refractivity contribution in [2.45, 2.75) is 13.3 Å². The summed E-state index contributed by atoms with van der Waals surface area (Å²) in [5.41, 5.74) is -0.00299. The Kier molecular flexibility index (Phi) is 5.03. The predicted octanol–water partition coefficient (Wildman–Crippen LogP) is 3.66. The van der Waals surface area contributed by atoms with Gasteiger partial charge < -0.3 is 0 Å². The Hall–Kier alpha value is -0.440. The molecule has 0 heterocycles. The van der Waals surface area contributed by atoms with Gasteiger partial charge >= 0.3 is 0 Å². The highest BCUT2D eigenvalue weighted by atomic mass is 79.9. The van der Waals surface area contributed by atoms with E-state index in [0.29, 0.717) is 4.48 Å². The molecule has 0 rings (SSSR count). The summed E-state index contributed by atoms with van der Waals surface area (Å²) in [6.45, 7) is 4.99. The predicted molar refractivity (Wildman–Crippen MR) is 47.0 cm³/mol. The van der Waals surface area contributed by atoms with Gasteiger partial charge in [0, 0.05) is 10.1 Å². The van der Waals surface area contributed by atoms with Crippen LogP contribution in [0.3, 0.4) is 0 Å². The molecule has 0 aliphatic rings. The van der Waals surface area contributed by atoms with Gasteiger partial charge in [0.25, 0.3) is 6.43 Å². The second kappa shape index (κ2) is 5.24. The van der Waals surface area contributed by atoms with Crippen LogP contribution in [0.25, 0.3) is 0 Å². The number of allylic oxidation sites excluding steroid dienone is 5. The first kappa shape index (κ1) is 10.6. The molecular weight excluding hydrogens is 214 g/mol. The van der Waals surface area contributed by atoms with Crippen LogP contribution in [0, 0.1) is 0 Å². The zero-order valence-electron chi connectivity index (χ0n) is 6.15. The summed E-state index contributed by atoms with van der Waals surface area (Å²) >= 11 is 3.06. The highest BCUT2D eigenvalue weighted by molar-refractivity contribution is 9.11. The summed E-state index contributed by atoms with van der Waals surface area (Å²) in [6.07, 6.45) is 1.76. The Morgan fingerprint density at radius 3 is 2.36 bits per heavy atom. The topological polar surface area (TPSA) is 0 Å². The van der Waals surface area contributed by atoms with Crippen LogP contribution in [0.1, 0.15) is 6.92 Å². The highest BCUT2D eigenvalue weighted by Gasteiger charge is 2.06. The monoisotopic (exact) mass is 222 g/mol. The van der Waals surface area contributed by atoms with E-state index in [0.717, 1.165) is 0 Å². The first-order valence-electron chi connectivity index (χ1n) is 3.05. The lowest BCUT2D eigenvalue weighted by Crippen LogP contribution is -1.92. The first-order chi connectivity index (χ1) is 5.11. The molecule has 0 aliphatic heterocycles. The van der Waals surface area contributed by atoms with E-state index in [-0.39, 0.29) is 5.57 Å². The van der Waals surface area contributed by atoms with Crippen molar-refractivity contribution in [2.75, 3.05) is 0 Å². The molecule has 0 atom stereocenters. The van der Waals surface area contributed by atoms with Crippen molar-refractivity contribution < 1.29 is 8.78 Å². The number of alkyl halides is 2. The third-order valence-electron chi connectivity index (χ3n) is 1.08. The molecule has 0 radical (unpaired) electrons. The van der Waals surface area contributed by atoms with Gasteiger partial charge in [0.2, 0.25) is 0 Å². The van der Waals surface area contributed by atoms with E-state index < -0.39 is 6.43 Å². The van der Waals surface area contributed by atoms with Crippen molar-refractivity contribution in [2.24, 2.45) is 0 Å². The van der Waals surface area contributed by atoms with Gasteiger partial charge in [0.1, 0.15) is 0 Å². The summed E-state index contributed by atoms with van der Waals surface area (Å²) in [5.74, 6) is 0. The molecule has 0 aromatic rings. The Morgan fingerprint density at radius 2 is 2.09 bits per heavy atom. The highest BCUT2D eigenvalue weighted by Crippen LogP contribution is 2.15. The third-order valence-corrected chi connectivity index (χ3v) is 1.64. The van der Waals surface area contributed by atoms with Crippen LogP contribution in [0.5, 0.6) is 0 Å². The Bertz CT molecular complexity index is 192. The van der Waals surface area contributed by atoms with Crippen LogP contribution in [0.4, 0.5) is 8.78 Å². The van der Waals surface area contributed by atoms with Crippen molar-refractivity contribution in [1.29, 1.82) is 0 Å². The molecule has 0 bridgehead atoms. The molecule has 0 amide bonds. The standard InChI is InChI=1S/C8H9BrF2/c1-3-6(8(10)11)5-7(9)4-2/h3-5,8H,2H2,1H3/b6-3+,7-5+. The molecule has 62 valence electrons. The van der Waals surface area contributed by atoms with Crippen molar-refractivity contribution in [1.82, 2.24) is 0 Å². The fourth-order valence-corrected chi connectivity index (χ4v) is 0.755. The van der Waals surface area contributed by atoms with Crippen LogP contribution in [-0.2, 0) is 0 Å². The average Bonchev–Trinajstić information content (AvgIpc) is 1.99. The molecular formula is C8H9BrF2. The third kappa shape index (κ3) is 4.09. The van der Waals surface area contributed by atoms with Crippen molar-refractivity contribution in [3.05, 3.63) is 34.9 Å². The summed E-state index contributed by atoms with van der Waals surface area (Å²) < 4.78 is 24.6. The Morgan fingerprint density at radius 1 is 1.55 bits per heavy atom. The molecule has 0 unspecified atom stereocenters. The molecule has 0 saturated heterocycles. The number of rotatable bonds is 3. The van der Waals surface area contributed by atoms with E-state index in [1.54, 1.807) is 6.92 Å². The summed E-state index contributed by atoms with van der Waals surface area (Å²) in [4.78, 5) is 0. The van der Waals surface area contributed by atoms with Gasteiger partial charge in [-0.25, -0.2) is 8.78 Å². The zero-order chi connectivity index (χ0) is 8.85. The van der Waals surface area contributed by atoms with E-state index in [2.05, 4.69) is 22.5 Å². The van der Waals surface area contributed by atoms with Gasteiger partial charge in [0.15, 0.2) is 0 Å². The summed E-state index contributed by atoms with van der Waals surface area (Å²) in [6, 6.07) is 0. The Labute approximate surface area is 73.4 Å². The maximum atomic E-state index is 12.0. The van der Waals surface area contributed by atoms with Gasteiger partial charge in [-0.1, -0.05) is 34.7 Å². The number of hydrogen-bond acceptors (Lipinski definition) is 0. The van der Waals surface area contributed by atoms with E-state index in [4.69, 9.17) is 0 Å². The molecule has 0 spiro atoms. The average molecular weight is 223 g/mol. The molecule has 0 saturated carbocycles. The fourth-order valence-electron chi connectivity index (χ4n) is 0.490. The smallest absolute Gasteiger partial charge is 0.205 e. The Balaban J connectivity index is 4.44. The maximum absolute atomic E-state index is 12.0. The quantitative estimate of drug-likeness (QED) is 0.640. The van der Waals surface area contributed by atoms with Crippen LogP contribution in [-0.4, -0.2) is 6.43 Å². The van der Waals surface area contributed by atoms with Gasteiger partial charge in [-0.3, -0.25) is 0 Å². The molecule has 0 N–H and O–H groups in total. The lowest BCUT2D eigenvalue weighted by molar-refractivity contribution is 0.194. The molecule has 0 aromatic carbocycles. The van der Waals surface area contributed by atoms with Gasteiger partial charge in [-0.2, -0.15) is 0 Å². The van der Waals surface area contributed by atoms with Gasteiger partial charge in [-0.15, -0.1) is 0 Å². The zero-order valence-corrected chi connectivity index (χ0v) is 7.74. The van der Waals surface area contributed by atoms with Crippen molar-refractivity contribution in [3.63, 3.8) is 0 Å². The second-order valence-electron chi connectivity index (χ2n) is 1.82. The van der Waals surface area contributed by atoms with E-state index >= 15 is 0 Å². The van der Waals surface area contributed by atoms with Crippen molar-refractivity contribution in [3.8, 4) is 0 Å². The van der Waals surface area contributed by atoms with Crippen LogP contribution in [0.15, 0.2) is 34.9 Å². The number of hydrogen-bond donors (Lipinski definition) is 0. The summed E-state index contributed by atoms with van der Waals surface area (Å²) in [5, 5.41) is 0. The lowest BCUT2D eigenvalue weighted by Gasteiger charge is -1.98. The summed E-state index contributed by atoms with van der Waals surface area (Å²) in [7, 11) is 0. The molecule has 11 heavy (non-hydrogen) atoms. The van der Waals surface area contributed by atoms with Crippen LogP contribution >= 0.6 is 15.9 Å². The first-order valence-corrected chi connectivity index (χ1v) is 3.85. The van der Waals surface area contributed by atoms with E-state index in [1.165, 1.54) is 18.2 Å². The molecule has 0 aliphatic carbocycles. The minimum Gasteiger partial charge on any atom is -0.205 e. The molecule has 0 nitrogen and oxygen atoms in total. The molecule has 3 heteroatoms. The lowest BCUT2D eigenvalue weighted by atomic mass is 10.2. The molecule has 0 fully saturated rings. The normalized spacial score (nSPS) is 13.9. The minimum absolute atomic E-state index is 0.00299. The SMILES string of the molecule is C=C/C(Br)=C\C(=C/C)C(F)F. The van der Waals surface area contributed by atoms with Gasteiger partial charge in [0.05, 0.1) is 0 Å². The van der Waals surface area contributed by atoms with Crippen LogP contribution < -0.4 is 0 Å². The fraction of sp³-hybridized carbons (Fsp3) is 0.250. The van der Waals surface area contributed by atoms with E-state index in [9.17, 15) is 8.78 Å². The molecule has 0 aromatic heterocycles. The minimum atomic E-state index is -2.42. The van der Waals surface area contributed by atoms with Gasteiger partial charge in [-0.05, 0) is 13.0 Å². The maximum Gasteiger partial charge on any atom is 0.263 e. The number of halogens is 3. The largest absolute Gasteiger partial charge is 0.263 e. The van der Waals surface area contributed by atoms with Crippen molar-refractivity contribution >= 4 is 15.9 Å². The van der Waals surface area contributed by atoms with Crippen LogP contribution in [0.2, 0.25) is 0 Å². The van der Waals surface area contributed by atoms with E-state index in [1.807, 2.05) is 0 Å².